The van der Waals surface area contributed by atoms with Gasteiger partial charge in [-0.05, 0) is 36.6 Å². The maximum atomic E-state index is 11.9. The highest BCUT2D eigenvalue weighted by atomic mass is 16.2. The Morgan fingerprint density at radius 3 is 2.82 bits per heavy atom. The van der Waals surface area contributed by atoms with Gasteiger partial charge in [0.25, 0.3) is 11.5 Å². The van der Waals surface area contributed by atoms with Crippen molar-refractivity contribution in [1.82, 2.24) is 20.5 Å². The summed E-state index contributed by atoms with van der Waals surface area (Å²) in [5, 5.41) is 8.73. The number of H-pyrrole nitrogens is 1. The van der Waals surface area contributed by atoms with E-state index in [1.165, 1.54) is 25.0 Å². The minimum atomic E-state index is -0.332. The van der Waals surface area contributed by atoms with Crippen LogP contribution in [-0.4, -0.2) is 34.2 Å². The molecule has 0 radical (unpaired) electrons. The van der Waals surface area contributed by atoms with Gasteiger partial charge in [0.2, 0.25) is 0 Å². The average molecular weight is 299 g/mol. The van der Waals surface area contributed by atoms with Crippen molar-refractivity contribution in [3.8, 4) is 0 Å². The molecular weight excluding hydrogens is 282 g/mol. The van der Waals surface area contributed by atoms with Crippen molar-refractivity contribution in [1.29, 1.82) is 0 Å². The van der Waals surface area contributed by atoms with E-state index in [9.17, 15) is 9.59 Å². The first kappa shape index (κ1) is 14.2. The zero-order valence-electron chi connectivity index (χ0n) is 12.1. The molecule has 0 bridgehead atoms. The van der Waals surface area contributed by atoms with E-state index in [2.05, 4.69) is 25.4 Å². The number of pyridine rings is 1. The number of aromatic nitrogens is 3. The van der Waals surface area contributed by atoms with Crippen molar-refractivity contribution >= 4 is 11.7 Å². The smallest absolute Gasteiger partial charge is 0.271 e. The van der Waals surface area contributed by atoms with Crippen molar-refractivity contribution in [2.24, 2.45) is 0 Å². The van der Waals surface area contributed by atoms with Crippen LogP contribution in [0.2, 0.25) is 0 Å². The molecule has 3 heterocycles. The second kappa shape index (κ2) is 6.38. The van der Waals surface area contributed by atoms with E-state index in [1.54, 1.807) is 6.20 Å². The molecule has 1 saturated heterocycles. The Kier molecular flexibility index (Phi) is 4.13. The largest absolute Gasteiger partial charge is 0.357 e. The highest BCUT2D eigenvalue weighted by molar-refractivity contribution is 5.91. The topological polar surface area (TPSA) is 91.0 Å². The highest BCUT2D eigenvalue weighted by Gasteiger charge is 2.14. The lowest BCUT2D eigenvalue weighted by atomic mass is 10.2. The summed E-state index contributed by atoms with van der Waals surface area (Å²) in [6, 6.07) is 6.54. The van der Waals surface area contributed by atoms with Gasteiger partial charge in [-0.25, -0.2) is 10.1 Å². The summed E-state index contributed by atoms with van der Waals surface area (Å²) >= 11 is 0. The molecule has 7 nitrogen and oxygen atoms in total. The van der Waals surface area contributed by atoms with Crippen molar-refractivity contribution < 1.29 is 4.79 Å². The molecule has 7 heteroatoms. The molecule has 3 rings (SSSR count). The van der Waals surface area contributed by atoms with Crippen molar-refractivity contribution in [2.45, 2.75) is 19.4 Å². The zero-order chi connectivity index (χ0) is 15.4. The Bertz CT molecular complexity index is 701. The molecule has 114 valence electrons. The summed E-state index contributed by atoms with van der Waals surface area (Å²) in [6.07, 6.45) is 4.15. The number of hydrogen-bond donors (Lipinski definition) is 2. The molecule has 2 aromatic rings. The van der Waals surface area contributed by atoms with E-state index in [0.717, 1.165) is 24.5 Å². The Morgan fingerprint density at radius 2 is 2.09 bits per heavy atom. The number of carbonyl (C=O) groups excluding carboxylic acids is 1. The molecule has 0 aromatic carbocycles. The lowest BCUT2D eigenvalue weighted by molar-refractivity contribution is 0.0945. The quantitative estimate of drug-likeness (QED) is 0.867. The van der Waals surface area contributed by atoms with Crippen LogP contribution in [-0.2, 0) is 6.54 Å². The summed E-state index contributed by atoms with van der Waals surface area (Å²) in [7, 11) is 0. The van der Waals surface area contributed by atoms with Gasteiger partial charge in [-0.1, -0.05) is 0 Å². The summed E-state index contributed by atoms with van der Waals surface area (Å²) in [5.74, 6) is 0.627. The second-order valence-electron chi connectivity index (χ2n) is 5.21. The van der Waals surface area contributed by atoms with Gasteiger partial charge >= 0.3 is 0 Å². The standard InChI is InChI=1S/C15H17N5O2/c21-14-4-3-12(18-19-14)15(22)17-10-11-5-6-16-13(9-11)20-7-1-2-8-20/h3-6,9H,1-2,7-8,10H2,(H,17,22)(H,19,21). The number of aromatic amines is 1. The molecule has 1 fully saturated rings. The maximum Gasteiger partial charge on any atom is 0.271 e. The first-order valence-corrected chi connectivity index (χ1v) is 7.26. The Morgan fingerprint density at radius 1 is 1.27 bits per heavy atom. The molecule has 0 unspecified atom stereocenters. The lowest BCUT2D eigenvalue weighted by Gasteiger charge is -2.16. The van der Waals surface area contributed by atoms with Gasteiger partial charge in [0.05, 0.1) is 0 Å². The van der Waals surface area contributed by atoms with Crippen molar-refractivity contribution in [2.75, 3.05) is 18.0 Å². The third kappa shape index (κ3) is 3.30. The average Bonchev–Trinajstić information content (AvgIpc) is 3.08. The van der Waals surface area contributed by atoms with Gasteiger partial charge in [-0.2, -0.15) is 5.10 Å². The Balaban J connectivity index is 1.63. The Labute approximate surface area is 127 Å². The molecule has 0 saturated carbocycles. The number of amides is 1. The summed E-state index contributed by atoms with van der Waals surface area (Å²) in [6.45, 7) is 2.46. The van der Waals surface area contributed by atoms with E-state index in [1.807, 2.05) is 12.1 Å². The van der Waals surface area contributed by atoms with E-state index in [4.69, 9.17) is 0 Å². The van der Waals surface area contributed by atoms with Crippen LogP contribution in [0.1, 0.15) is 28.9 Å². The number of carbonyl (C=O) groups is 1. The van der Waals surface area contributed by atoms with Crippen LogP contribution in [0.4, 0.5) is 5.82 Å². The van der Waals surface area contributed by atoms with Gasteiger partial charge in [0.1, 0.15) is 11.5 Å². The predicted molar refractivity (Wildman–Crippen MR) is 81.7 cm³/mol. The molecule has 0 spiro atoms. The zero-order valence-corrected chi connectivity index (χ0v) is 12.1. The minimum Gasteiger partial charge on any atom is -0.357 e. The fraction of sp³-hybridized carbons (Fsp3) is 0.333. The third-order valence-electron chi connectivity index (χ3n) is 3.60. The number of anilines is 1. The number of rotatable bonds is 4. The predicted octanol–water partition coefficient (Wildman–Crippen LogP) is 0.695. The van der Waals surface area contributed by atoms with Crippen LogP contribution in [0.3, 0.4) is 0 Å². The molecular formula is C15H17N5O2. The van der Waals surface area contributed by atoms with Gasteiger partial charge in [0, 0.05) is 31.9 Å². The minimum absolute atomic E-state index is 0.188. The molecule has 1 aliphatic heterocycles. The molecule has 0 aliphatic carbocycles. The molecule has 2 N–H and O–H groups in total. The first-order valence-electron chi connectivity index (χ1n) is 7.26. The summed E-state index contributed by atoms with van der Waals surface area (Å²) in [4.78, 5) is 29.5. The number of nitrogens with one attached hydrogen (secondary N) is 2. The van der Waals surface area contributed by atoms with Gasteiger partial charge in [-0.3, -0.25) is 9.59 Å². The van der Waals surface area contributed by atoms with Crippen LogP contribution in [0.25, 0.3) is 0 Å². The van der Waals surface area contributed by atoms with E-state index in [0.29, 0.717) is 6.54 Å². The summed E-state index contributed by atoms with van der Waals surface area (Å²) in [5.41, 5.74) is 0.837. The van der Waals surface area contributed by atoms with Crippen molar-refractivity contribution in [3.63, 3.8) is 0 Å². The van der Waals surface area contributed by atoms with Gasteiger partial charge < -0.3 is 10.2 Å². The number of nitrogens with zero attached hydrogens (tertiary/aromatic N) is 3. The van der Waals surface area contributed by atoms with Crippen molar-refractivity contribution in [3.05, 3.63) is 52.1 Å². The normalized spacial score (nSPS) is 14.1. The molecule has 0 atom stereocenters. The summed E-state index contributed by atoms with van der Waals surface area (Å²) < 4.78 is 0. The van der Waals surface area contributed by atoms with Crippen LogP contribution >= 0.6 is 0 Å². The lowest BCUT2D eigenvalue weighted by Crippen LogP contribution is -2.25. The second-order valence-corrected chi connectivity index (χ2v) is 5.21. The SMILES string of the molecule is O=C(NCc1ccnc(N2CCCC2)c1)c1ccc(=O)[nH]n1. The fourth-order valence-corrected chi connectivity index (χ4v) is 2.43. The molecule has 1 aliphatic rings. The van der Waals surface area contributed by atoms with E-state index < -0.39 is 0 Å². The fourth-order valence-electron chi connectivity index (χ4n) is 2.43. The van der Waals surface area contributed by atoms with Crippen LogP contribution in [0.5, 0.6) is 0 Å². The maximum absolute atomic E-state index is 11.9. The van der Waals surface area contributed by atoms with Gasteiger partial charge in [-0.15, -0.1) is 0 Å². The van der Waals surface area contributed by atoms with E-state index >= 15 is 0 Å². The van der Waals surface area contributed by atoms with Gasteiger partial charge in [0.15, 0.2) is 0 Å². The first-order chi connectivity index (χ1) is 10.7. The molecule has 1 amide bonds. The number of hydrogen-bond acceptors (Lipinski definition) is 5. The Hall–Kier alpha value is -2.70. The monoisotopic (exact) mass is 299 g/mol. The molecule has 2 aromatic heterocycles. The third-order valence-corrected chi connectivity index (χ3v) is 3.60. The highest BCUT2D eigenvalue weighted by Crippen LogP contribution is 2.18. The van der Waals surface area contributed by atoms with Crippen LogP contribution in [0, 0.1) is 0 Å². The van der Waals surface area contributed by atoms with Crippen LogP contribution in [0.15, 0.2) is 35.3 Å². The van der Waals surface area contributed by atoms with E-state index in [-0.39, 0.29) is 17.2 Å². The molecule has 22 heavy (non-hydrogen) atoms. The van der Waals surface area contributed by atoms with Crippen LogP contribution < -0.4 is 15.8 Å².